The normalized spacial score (nSPS) is 30.8. The fourth-order valence-electron chi connectivity index (χ4n) is 6.18. The number of allylic oxidation sites excluding steroid dienone is 1. The lowest BCUT2D eigenvalue weighted by Crippen LogP contribution is -2.49. The van der Waals surface area contributed by atoms with Crippen LogP contribution in [0.15, 0.2) is 46.9 Å². The molecule has 144 valence electrons. The molecule has 5 nitrogen and oxygen atoms in total. The smallest absolute Gasteiger partial charge is 0.280 e. The first-order valence-corrected chi connectivity index (χ1v) is 10.1. The van der Waals surface area contributed by atoms with E-state index in [-0.39, 0.29) is 16.9 Å². The van der Waals surface area contributed by atoms with Crippen LogP contribution in [-0.2, 0) is 4.79 Å². The SMILES string of the molecule is O=C(C=Cc1ccc(-c2ccccc2[N+](=O)[O-])o1)C12CC3CC(CC(C3)C1)C2. The summed E-state index contributed by atoms with van der Waals surface area (Å²) in [5, 5.41) is 11.2. The van der Waals surface area contributed by atoms with Crippen molar-refractivity contribution in [1.29, 1.82) is 0 Å². The van der Waals surface area contributed by atoms with Gasteiger partial charge in [0.05, 0.1) is 10.5 Å². The molecule has 0 unspecified atom stereocenters. The Hall–Kier alpha value is -2.69. The van der Waals surface area contributed by atoms with Gasteiger partial charge < -0.3 is 4.42 Å². The molecule has 28 heavy (non-hydrogen) atoms. The molecule has 1 heterocycles. The Morgan fingerprint density at radius 3 is 2.32 bits per heavy atom. The van der Waals surface area contributed by atoms with Crippen molar-refractivity contribution < 1.29 is 14.1 Å². The Balaban J connectivity index is 1.36. The minimum atomic E-state index is -0.413. The lowest BCUT2D eigenvalue weighted by Gasteiger charge is -2.55. The van der Waals surface area contributed by atoms with Gasteiger partial charge >= 0.3 is 0 Å². The molecule has 4 aliphatic rings. The molecule has 0 atom stereocenters. The van der Waals surface area contributed by atoms with Crippen LogP contribution < -0.4 is 0 Å². The Morgan fingerprint density at radius 2 is 1.68 bits per heavy atom. The van der Waals surface area contributed by atoms with Crippen molar-refractivity contribution in [3.63, 3.8) is 0 Å². The van der Waals surface area contributed by atoms with E-state index in [0.717, 1.165) is 37.0 Å². The van der Waals surface area contributed by atoms with Crippen molar-refractivity contribution in [2.45, 2.75) is 38.5 Å². The van der Waals surface area contributed by atoms with Crippen molar-refractivity contribution in [3.8, 4) is 11.3 Å². The first-order valence-electron chi connectivity index (χ1n) is 10.1. The summed E-state index contributed by atoms with van der Waals surface area (Å²) in [6.07, 6.45) is 10.5. The third-order valence-corrected chi connectivity index (χ3v) is 6.95. The highest BCUT2D eigenvalue weighted by molar-refractivity contribution is 5.98. The standard InChI is InChI=1S/C23H23NO4/c25-22(23-12-15-9-16(13-23)11-17(10-15)14-23)8-6-18-5-7-21(28-18)19-3-1-2-4-20(19)24(26)27/h1-8,15-17H,9-14H2. The van der Waals surface area contributed by atoms with E-state index >= 15 is 0 Å². The second-order valence-electron chi connectivity index (χ2n) is 8.87. The number of carbonyl (C=O) groups excluding carboxylic acids is 1. The zero-order valence-corrected chi connectivity index (χ0v) is 15.7. The largest absolute Gasteiger partial charge is 0.456 e. The molecule has 4 saturated carbocycles. The van der Waals surface area contributed by atoms with Gasteiger partial charge in [-0.2, -0.15) is 0 Å². The molecule has 6 rings (SSSR count). The zero-order valence-electron chi connectivity index (χ0n) is 15.7. The summed E-state index contributed by atoms with van der Waals surface area (Å²) in [5.41, 5.74) is 0.301. The van der Waals surface area contributed by atoms with Crippen LogP contribution in [0.4, 0.5) is 5.69 Å². The average molecular weight is 377 g/mol. The maximum atomic E-state index is 13.1. The van der Waals surface area contributed by atoms with Crippen molar-refractivity contribution in [3.05, 3.63) is 58.3 Å². The second kappa shape index (κ2) is 6.43. The van der Waals surface area contributed by atoms with Crippen LogP contribution in [-0.4, -0.2) is 10.7 Å². The Kier molecular flexibility index (Phi) is 4.00. The van der Waals surface area contributed by atoms with Gasteiger partial charge in [-0.3, -0.25) is 14.9 Å². The minimum absolute atomic E-state index is 0.0111. The van der Waals surface area contributed by atoms with Crippen molar-refractivity contribution in [2.75, 3.05) is 0 Å². The van der Waals surface area contributed by atoms with Crippen LogP contribution in [0.1, 0.15) is 44.3 Å². The molecule has 4 fully saturated rings. The van der Waals surface area contributed by atoms with E-state index in [1.807, 2.05) is 0 Å². The molecule has 0 spiro atoms. The predicted molar refractivity (Wildman–Crippen MR) is 105 cm³/mol. The quantitative estimate of drug-likeness (QED) is 0.383. The summed E-state index contributed by atoms with van der Waals surface area (Å²) >= 11 is 0. The van der Waals surface area contributed by atoms with Gasteiger partial charge in [0, 0.05) is 11.5 Å². The van der Waals surface area contributed by atoms with E-state index < -0.39 is 4.92 Å². The highest BCUT2D eigenvalue weighted by atomic mass is 16.6. The van der Waals surface area contributed by atoms with Gasteiger partial charge in [0.1, 0.15) is 11.5 Å². The van der Waals surface area contributed by atoms with Gasteiger partial charge in [-0.15, -0.1) is 0 Å². The molecule has 0 N–H and O–H groups in total. The molecule has 0 radical (unpaired) electrons. The van der Waals surface area contributed by atoms with E-state index in [4.69, 9.17) is 4.42 Å². The molecule has 1 aromatic carbocycles. The van der Waals surface area contributed by atoms with Crippen LogP contribution >= 0.6 is 0 Å². The number of furan rings is 1. The topological polar surface area (TPSA) is 73.3 Å². The number of rotatable bonds is 5. The fraction of sp³-hybridized carbons (Fsp3) is 0.435. The van der Waals surface area contributed by atoms with Crippen LogP contribution in [0.2, 0.25) is 0 Å². The molecular weight excluding hydrogens is 354 g/mol. The van der Waals surface area contributed by atoms with Crippen LogP contribution in [0.3, 0.4) is 0 Å². The summed E-state index contributed by atoms with van der Waals surface area (Å²) in [7, 11) is 0. The fourth-order valence-corrected chi connectivity index (χ4v) is 6.18. The molecule has 5 heteroatoms. The number of ketones is 1. The molecular formula is C23H23NO4. The minimum Gasteiger partial charge on any atom is -0.456 e. The number of hydrogen-bond acceptors (Lipinski definition) is 4. The lowest BCUT2D eigenvalue weighted by molar-refractivity contribution is -0.384. The molecule has 0 amide bonds. The highest BCUT2D eigenvalue weighted by Gasteiger charge is 2.53. The highest BCUT2D eigenvalue weighted by Crippen LogP contribution is 2.60. The first-order chi connectivity index (χ1) is 13.5. The predicted octanol–water partition coefficient (Wildman–Crippen LogP) is 5.65. The number of benzene rings is 1. The molecule has 2 aromatic rings. The number of carbonyl (C=O) groups is 1. The van der Waals surface area contributed by atoms with Crippen LogP contribution in [0, 0.1) is 33.3 Å². The number of nitrogens with zero attached hydrogens (tertiary/aromatic N) is 1. The number of nitro groups is 1. The van der Waals surface area contributed by atoms with Crippen molar-refractivity contribution >= 4 is 17.5 Å². The number of para-hydroxylation sites is 1. The van der Waals surface area contributed by atoms with E-state index in [1.165, 1.54) is 25.3 Å². The molecule has 4 bridgehead atoms. The van der Waals surface area contributed by atoms with Crippen molar-refractivity contribution in [2.24, 2.45) is 23.2 Å². The van der Waals surface area contributed by atoms with E-state index in [2.05, 4.69) is 0 Å². The monoisotopic (exact) mass is 377 g/mol. The summed E-state index contributed by atoms with van der Waals surface area (Å²) in [5.74, 6) is 3.42. The molecule has 0 aliphatic heterocycles. The van der Waals surface area contributed by atoms with E-state index in [9.17, 15) is 14.9 Å². The van der Waals surface area contributed by atoms with Gasteiger partial charge in [0.25, 0.3) is 5.69 Å². The average Bonchev–Trinajstić information content (AvgIpc) is 3.14. The molecule has 1 aromatic heterocycles. The van der Waals surface area contributed by atoms with Gasteiger partial charge in [0.2, 0.25) is 0 Å². The Labute approximate surface area is 163 Å². The van der Waals surface area contributed by atoms with Crippen LogP contribution in [0.25, 0.3) is 17.4 Å². The maximum absolute atomic E-state index is 13.1. The first kappa shape index (κ1) is 17.4. The van der Waals surface area contributed by atoms with Crippen LogP contribution in [0.5, 0.6) is 0 Å². The summed E-state index contributed by atoms with van der Waals surface area (Å²) in [6, 6.07) is 9.99. The third-order valence-electron chi connectivity index (χ3n) is 6.95. The van der Waals surface area contributed by atoms with Gasteiger partial charge in [-0.05, 0) is 86.6 Å². The molecule has 0 saturated heterocycles. The Bertz CT molecular complexity index is 935. The lowest BCUT2D eigenvalue weighted by atomic mass is 9.48. The van der Waals surface area contributed by atoms with E-state index in [1.54, 1.807) is 42.5 Å². The van der Waals surface area contributed by atoms with Gasteiger partial charge in [0.15, 0.2) is 5.78 Å². The Morgan fingerprint density at radius 1 is 1.04 bits per heavy atom. The molecule has 4 aliphatic carbocycles. The summed E-state index contributed by atoms with van der Waals surface area (Å²) in [4.78, 5) is 23.9. The van der Waals surface area contributed by atoms with Crippen molar-refractivity contribution in [1.82, 2.24) is 0 Å². The second-order valence-corrected chi connectivity index (χ2v) is 8.87. The summed E-state index contributed by atoms with van der Waals surface area (Å²) in [6.45, 7) is 0. The number of hydrogen-bond donors (Lipinski definition) is 0. The summed E-state index contributed by atoms with van der Waals surface area (Å²) < 4.78 is 5.79. The van der Waals surface area contributed by atoms with Gasteiger partial charge in [-0.1, -0.05) is 12.1 Å². The zero-order chi connectivity index (χ0) is 19.3. The third kappa shape index (κ3) is 2.89. The number of nitro benzene ring substituents is 1. The van der Waals surface area contributed by atoms with E-state index in [0.29, 0.717) is 17.1 Å². The maximum Gasteiger partial charge on any atom is 0.280 e. The van der Waals surface area contributed by atoms with Gasteiger partial charge in [-0.25, -0.2) is 0 Å².